The molecule has 0 aliphatic heterocycles. The molecule has 0 unspecified atom stereocenters. The van der Waals surface area contributed by atoms with E-state index in [1.807, 2.05) is 6.92 Å². The van der Waals surface area contributed by atoms with E-state index in [0.717, 1.165) is 5.69 Å². The monoisotopic (exact) mass is 192 g/mol. The first-order valence-electron chi connectivity index (χ1n) is 4.20. The number of pyridine rings is 1. The van der Waals surface area contributed by atoms with Gasteiger partial charge in [0.05, 0.1) is 16.6 Å². The Morgan fingerprint density at radius 2 is 2.43 bits per heavy atom. The molecule has 2 heterocycles. The Labute approximate surface area is 79.3 Å². The number of rotatable bonds is 2. The fourth-order valence-corrected chi connectivity index (χ4v) is 1.25. The Morgan fingerprint density at radius 1 is 1.64 bits per heavy atom. The van der Waals surface area contributed by atoms with E-state index in [0.29, 0.717) is 17.5 Å². The van der Waals surface area contributed by atoms with E-state index in [9.17, 15) is 4.79 Å². The molecule has 0 aromatic carbocycles. The summed E-state index contributed by atoms with van der Waals surface area (Å²) in [6.45, 7) is 1.92. The molecule has 0 atom stereocenters. The smallest absolute Gasteiger partial charge is 0.337 e. The number of aryl methyl sites for hydroxylation is 1. The second kappa shape index (κ2) is 3.10. The maximum absolute atomic E-state index is 10.7. The lowest BCUT2D eigenvalue weighted by atomic mass is 10.2. The van der Waals surface area contributed by atoms with Crippen molar-refractivity contribution in [2.45, 2.75) is 13.3 Å². The molecule has 0 aliphatic carbocycles. The van der Waals surface area contributed by atoms with Gasteiger partial charge in [-0.25, -0.2) is 9.78 Å². The van der Waals surface area contributed by atoms with Crippen LogP contribution in [-0.2, 0) is 6.42 Å². The van der Waals surface area contributed by atoms with Crippen molar-refractivity contribution in [2.75, 3.05) is 0 Å². The van der Waals surface area contributed by atoms with Crippen LogP contribution in [-0.4, -0.2) is 21.2 Å². The summed E-state index contributed by atoms with van der Waals surface area (Å²) in [5, 5.41) is 13.2. The number of fused-ring (bicyclic) bond motifs is 1. The van der Waals surface area contributed by atoms with Gasteiger partial charge in [-0.3, -0.25) is 0 Å². The molecule has 5 nitrogen and oxygen atoms in total. The molecule has 0 saturated carbocycles. The van der Waals surface area contributed by atoms with E-state index in [1.165, 1.54) is 12.3 Å². The van der Waals surface area contributed by atoms with Crippen LogP contribution in [0.1, 0.15) is 23.0 Å². The highest BCUT2D eigenvalue weighted by molar-refractivity contribution is 5.91. The molecular weight excluding hydrogens is 184 g/mol. The lowest BCUT2D eigenvalue weighted by Gasteiger charge is -1.92. The van der Waals surface area contributed by atoms with E-state index in [4.69, 9.17) is 9.63 Å². The first-order chi connectivity index (χ1) is 6.72. The molecule has 2 aromatic heterocycles. The summed E-state index contributed by atoms with van der Waals surface area (Å²) in [5.41, 5.74) is 1.26. The highest BCUT2D eigenvalue weighted by Gasteiger charge is 2.11. The van der Waals surface area contributed by atoms with E-state index < -0.39 is 5.97 Å². The van der Waals surface area contributed by atoms with Crippen LogP contribution in [0.15, 0.2) is 16.8 Å². The first kappa shape index (κ1) is 8.68. The van der Waals surface area contributed by atoms with Crippen molar-refractivity contribution in [2.24, 2.45) is 0 Å². The zero-order valence-electron chi connectivity index (χ0n) is 7.52. The quantitative estimate of drug-likeness (QED) is 0.779. The summed E-state index contributed by atoms with van der Waals surface area (Å²) in [6, 6.07) is 1.53. The lowest BCUT2D eigenvalue weighted by Crippen LogP contribution is -1.96. The Bertz CT molecular complexity index is 490. The van der Waals surface area contributed by atoms with Crippen molar-refractivity contribution < 1.29 is 14.4 Å². The van der Waals surface area contributed by atoms with Crippen LogP contribution in [0.25, 0.3) is 11.1 Å². The summed E-state index contributed by atoms with van der Waals surface area (Å²) in [6.07, 6.45) is 1.95. The minimum atomic E-state index is -0.998. The number of aromatic nitrogens is 2. The maximum Gasteiger partial charge on any atom is 0.337 e. The van der Waals surface area contributed by atoms with Crippen LogP contribution in [0.3, 0.4) is 0 Å². The average molecular weight is 192 g/mol. The third kappa shape index (κ3) is 1.22. The number of hydrogen-bond donors (Lipinski definition) is 1. The number of carbonyl (C=O) groups is 1. The van der Waals surface area contributed by atoms with Crippen LogP contribution >= 0.6 is 0 Å². The molecule has 5 heteroatoms. The van der Waals surface area contributed by atoms with Crippen molar-refractivity contribution >= 4 is 17.1 Å². The molecule has 0 saturated heterocycles. The summed E-state index contributed by atoms with van der Waals surface area (Å²) in [5.74, 6) is -0.998. The number of nitrogens with zero attached hydrogens (tertiary/aromatic N) is 2. The highest BCUT2D eigenvalue weighted by Crippen LogP contribution is 2.17. The van der Waals surface area contributed by atoms with Gasteiger partial charge in [0.1, 0.15) is 0 Å². The summed E-state index contributed by atoms with van der Waals surface area (Å²) in [4.78, 5) is 14.5. The minimum Gasteiger partial charge on any atom is -0.478 e. The van der Waals surface area contributed by atoms with E-state index in [1.54, 1.807) is 0 Å². The second-order valence-electron chi connectivity index (χ2n) is 2.86. The highest BCUT2D eigenvalue weighted by atomic mass is 16.5. The lowest BCUT2D eigenvalue weighted by molar-refractivity contribution is 0.0696. The zero-order valence-corrected chi connectivity index (χ0v) is 7.52. The Kier molecular flexibility index (Phi) is 1.92. The van der Waals surface area contributed by atoms with Crippen LogP contribution in [0.5, 0.6) is 0 Å². The Morgan fingerprint density at radius 3 is 3.07 bits per heavy atom. The maximum atomic E-state index is 10.7. The van der Waals surface area contributed by atoms with Gasteiger partial charge in [-0.1, -0.05) is 12.1 Å². The molecule has 0 fully saturated rings. The van der Waals surface area contributed by atoms with Gasteiger partial charge >= 0.3 is 5.97 Å². The second-order valence-corrected chi connectivity index (χ2v) is 2.86. The van der Waals surface area contributed by atoms with Crippen LogP contribution in [0.4, 0.5) is 0 Å². The Balaban J connectivity index is 2.67. The van der Waals surface area contributed by atoms with Gasteiger partial charge in [0.15, 0.2) is 0 Å². The van der Waals surface area contributed by atoms with Gasteiger partial charge < -0.3 is 9.63 Å². The minimum absolute atomic E-state index is 0.149. The fraction of sp³-hybridized carbons (Fsp3) is 0.222. The van der Waals surface area contributed by atoms with E-state index in [2.05, 4.69) is 10.1 Å². The molecule has 2 rings (SSSR count). The van der Waals surface area contributed by atoms with E-state index in [-0.39, 0.29) is 5.56 Å². The molecule has 0 aliphatic rings. The SMILES string of the molecule is CCc1noc2ncc(C(=O)O)cc12. The predicted octanol–water partition coefficient (Wildman–Crippen LogP) is 1.48. The number of carboxylic acids is 1. The third-order valence-electron chi connectivity index (χ3n) is 1.99. The van der Waals surface area contributed by atoms with Crippen molar-refractivity contribution in [3.63, 3.8) is 0 Å². The predicted molar refractivity (Wildman–Crippen MR) is 48.1 cm³/mol. The molecular formula is C9H8N2O3. The van der Waals surface area contributed by atoms with Gasteiger partial charge in [0.25, 0.3) is 5.71 Å². The largest absolute Gasteiger partial charge is 0.478 e. The van der Waals surface area contributed by atoms with Gasteiger partial charge in [-0.05, 0) is 12.5 Å². The van der Waals surface area contributed by atoms with Crippen molar-refractivity contribution in [3.05, 3.63) is 23.5 Å². The summed E-state index contributed by atoms with van der Waals surface area (Å²) >= 11 is 0. The average Bonchev–Trinajstić information content (AvgIpc) is 2.59. The third-order valence-corrected chi connectivity index (χ3v) is 1.99. The number of hydrogen-bond acceptors (Lipinski definition) is 4. The molecule has 2 aromatic rings. The first-order valence-corrected chi connectivity index (χ1v) is 4.20. The van der Waals surface area contributed by atoms with Crippen LogP contribution in [0, 0.1) is 0 Å². The molecule has 14 heavy (non-hydrogen) atoms. The van der Waals surface area contributed by atoms with E-state index >= 15 is 0 Å². The van der Waals surface area contributed by atoms with Gasteiger partial charge in [-0.2, -0.15) is 0 Å². The van der Waals surface area contributed by atoms with Crippen molar-refractivity contribution in [1.82, 2.24) is 10.1 Å². The normalized spacial score (nSPS) is 10.6. The van der Waals surface area contributed by atoms with Gasteiger partial charge in [0, 0.05) is 6.20 Å². The number of carboxylic acid groups (broad SMARTS) is 1. The van der Waals surface area contributed by atoms with Crippen molar-refractivity contribution in [3.8, 4) is 0 Å². The Hall–Kier alpha value is -1.91. The van der Waals surface area contributed by atoms with Gasteiger partial charge in [0.2, 0.25) is 0 Å². The van der Waals surface area contributed by atoms with Crippen LogP contribution < -0.4 is 0 Å². The van der Waals surface area contributed by atoms with Crippen molar-refractivity contribution in [1.29, 1.82) is 0 Å². The number of aromatic carboxylic acids is 1. The zero-order chi connectivity index (χ0) is 10.1. The standard InChI is InChI=1S/C9H8N2O3/c1-2-7-6-3-5(9(12)13)4-10-8(6)14-11-7/h3-4H,2H2,1H3,(H,12,13). The summed E-state index contributed by atoms with van der Waals surface area (Å²) in [7, 11) is 0. The topological polar surface area (TPSA) is 76.2 Å². The molecule has 0 radical (unpaired) electrons. The molecule has 1 N–H and O–H groups in total. The fourth-order valence-electron chi connectivity index (χ4n) is 1.25. The molecule has 0 amide bonds. The van der Waals surface area contributed by atoms with Gasteiger partial charge in [-0.15, -0.1) is 0 Å². The summed E-state index contributed by atoms with van der Waals surface area (Å²) < 4.78 is 4.92. The molecule has 72 valence electrons. The van der Waals surface area contributed by atoms with Crippen LogP contribution in [0.2, 0.25) is 0 Å². The molecule has 0 bridgehead atoms. The molecule has 0 spiro atoms.